The van der Waals surface area contributed by atoms with Crippen LogP contribution in [0.5, 0.6) is 0 Å². The van der Waals surface area contributed by atoms with E-state index in [9.17, 15) is 9.59 Å². The Morgan fingerprint density at radius 3 is 2.50 bits per heavy atom. The molecular formula is C9H15NO4. The minimum atomic E-state index is -1.15. The third-order valence-corrected chi connectivity index (χ3v) is 2.55. The molecule has 0 aromatic carbocycles. The number of rotatable bonds is 5. The average molecular weight is 201 g/mol. The monoisotopic (exact) mass is 201 g/mol. The van der Waals surface area contributed by atoms with E-state index in [2.05, 4.69) is 5.32 Å². The zero-order chi connectivity index (χ0) is 10.8. The molecule has 0 aromatic rings. The summed E-state index contributed by atoms with van der Waals surface area (Å²) in [5.74, 6) is -1.42. The molecule has 1 saturated carbocycles. The molecule has 0 bridgehead atoms. The molecule has 0 radical (unpaired) electrons. The molecule has 0 spiro atoms. The maximum atomic E-state index is 11.4. The van der Waals surface area contributed by atoms with Crippen molar-refractivity contribution >= 4 is 11.9 Å². The Kier molecular flexibility index (Phi) is 3.10. The Hall–Kier alpha value is -1.10. The molecule has 5 heteroatoms. The van der Waals surface area contributed by atoms with Crippen molar-refractivity contribution in [2.45, 2.75) is 25.9 Å². The number of carbonyl (C=O) groups excluding carboxylic acids is 1. The number of hydrogen-bond acceptors (Lipinski definition) is 3. The third-order valence-electron chi connectivity index (χ3n) is 2.55. The van der Waals surface area contributed by atoms with Gasteiger partial charge in [0.05, 0.1) is 6.10 Å². The van der Waals surface area contributed by atoms with E-state index in [0.29, 0.717) is 19.4 Å². The highest BCUT2D eigenvalue weighted by molar-refractivity contribution is 6.04. The van der Waals surface area contributed by atoms with Crippen LogP contribution < -0.4 is 5.32 Å². The molecule has 80 valence electrons. The molecular weight excluding hydrogens is 186 g/mol. The molecule has 0 saturated heterocycles. The number of hydrogen-bond donors (Lipinski definition) is 2. The number of methoxy groups -OCH3 is 1. The van der Waals surface area contributed by atoms with E-state index in [-0.39, 0.29) is 6.10 Å². The first-order valence-electron chi connectivity index (χ1n) is 4.57. The molecule has 1 aliphatic carbocycles. The molecule has 0 heterocycles. The van der Waals surface area contributed by atoms with E-state index in [1.807, 2.05) is 0 Å². The molecule has 1 rings (SSSR count). The maximum Gasteiger partial charge on any atom is 0.319 e. The number of carboxylic acids is 1. The Morgan fingerprint density at radius 1 is 1.57 bits per heavy atom. The molecule has 1 aliphatic rings. The van der Waals surface area contributed by atoms with Crippen molar-refractivity contribution in [3.63, 3.8) is 0 Å². The largest absolute Gasteiger partial charge is 0.480 e. The lowest BCUT2D eigenvalue weighted by Gasteiger charge is -2.13. The standard InChI is InChI=1S/C9H15NO4/c1-6(14-2)5-10-7(11)9(3-4-9)8(12)13/h6H,3-5H2,1-2H3,(H,10,11)(H,12,13). The fourth-order valence-corrected chi connectivity index (χ4v) is 1.15. The molecule has 1 atom stereocenters. The summed E-state index contributed by atoms with van der Waals surface area (Å²) >= 11 is 0. The van der Waals surface area contributed by atoms with Crippen molar-refractivity contribution in [3.05, 3.63) is 0 Å². The van der Waals surface area contributed by atoms with Crippen molar-refractivity contribution < 1.29 is 19.4 Å². The Bertz CT molecular complexity index is 247. The van der Waals surface area contributed by atoms with Gasteiger partial charge in [-0.1, -0.05) is 0 Å². The van der Waals surface area contributed by atoms with Crippen LogP contribution in [0.15, 0.2) is 0 Å². The lowest BCUT2D eigenvalue weighted by Crippen LogP contribution is -2.40. The predicted octanol–water partition coefficient (Wildman–Crippen LogP) is 0.00230. The summed E-state index contributed by atoms with van der Waals surface area (Å²) in [5, 5.41) is 11.4. The van der Waals surface area contributed by atoms with Crippen molar-refractivity contribution in [1.82, 2.24) is 5.32 Å². The smallest absolute Gasteiger partial charge is 0.319 e. The molecule has 1 unspecified atom stereocenters. The van der Waals surface area contributed by atoms with Gasteiger partial charge in [-0.15, -0.1) is 0 Å². The van der Waals surface area contributed by atoms with Crippen LogP contribution >= 0.6 is 0 Å². The maximum absolute atomic E-state index is 11.4. The number of carboxylic acid groups (broad SMARTS) is 1. The fourth-order valence-electron chi connectivity index (χ4n) is 1.15. The van der Waals surface area contributed by atoms with Crippen LogP contribution in [0.2, 0.25) is 0 Å². The molecule has 1 fully saturated rings. The molecule has 0 aromatic heterocycles. The fraction of sp³-hybridized carbons (Fsp3) is 0.778. The number of aliphatic carboxylic acids is 1. The minimum Gasteiger partial charge on any atom is -0.480 e. The first-order chi connectivity index (χ1) is 6.53. The second-order valence-electron chi connectivity index (χ2n) is 3.64. The highest BCUT2D eigenvalue weighted by atomic mass is 16.5. The minimum absolute atomic E-state index is 0.0939. The summed E-state index contributed by atoms with van der Waals surface area (Å²) in [7, 11) is 1.54. The van der Waals surface area contributed by atoms with Gasteiger partial charge in [0.1, 0.15) is 5.41 Å². The predicted molar refractivity (Wildman–Crippen MR) is 48.8 cm³/mol. The summed E-state index contributed by atoms with van der Waals surface area (Å²) in [6.45, 7) is 2.16. The van der Waals surface area contributed by atoms with Gasteiger partial charge in [0.2, 0.25) is 5.91 Å². The van der Waals surface area contributed by atoms with Gasteiger partial charge in [0.25, 0.3) is 0 Å². The highest BCUT2D eigenvalue weighted by Crippen LogP contribution is 2.45. The zero-order valence-electron chi connectivity index (χ0n) is 8.37. The van der Waals surface area contributed by atoms with E-state index in [4.69, 9.17) is 9.84 Å². The number of ether oxygens (including phenoxy) is 1. The van der Waals surface area contributed by atoms with Crippen LogP contribution in [0.4, 0.5) is 0 Å². The van der Waals surface area contributed by atoms with E-state index in [1.54, 1.807) is 14.0 Å². The third kappa shape index (κ3) is 2.04. The Morgan fingerprint density at radius 2 is 2.14 bits per heavy atom. The van der Waals surface area contributed by atoms with Crippen LogP contribution in [0.1, 0.15) is 19.8 Å². The Balaban J connectivity index is 2.39. The van der Waals surface area contributed by atoms with Gasteiger partial charge in [0.15, 0.2) is 0 Å². The van der Waals surface area contributed by atoms with Gasteiger partial charge in [0, 0.05) is 13.7 Å². The molecule has 14 heavy (non-hydrogen) atoms. The lowest BCUT2D eigenvalue weighted by molar-refractivity contribution is -0.149. The van der Waals surface area contributed by atoms with E-state index in [0.717, 1.165) is 0 Å². The van der Waals surface area contributed by atoms with Crippen LogP contribution in [-0.2, 0) is 14.3 Å². The van der Waals surface area contributed by atoms with Crippen molar-refractivity contribution in [2.24, 2.45) is 5.41 Å². The topological polar surface area (TPSA) is 75.6 Å². The summed E-state index contributed by atoms with van der Waals surface area (Å²) in [6.07, 6.45) is 0.786. The molecule has 1 amide bonds. The molecule has 0 aliphatic heterocycles. The average Bonchev–Trinajstić information content (AvgIpc) is 2.94. The van der Waals surface area contributed by atoms with Gasteiger partial charge in [-0.3, -0.25) is 9.59 Å². The zero-order valence-corrected chi connectivity index (χ0v) is 8.37. The van der Waals surface area contributed by atoms with E-state index >= 15 is 0 Å². The van der Waals surface area contributed by atoms with Gasteiger partial charge >= 0.3 is 5.97 Å². The van der Waals surface area contributed by atoms with Gasteiger partial charge in [-0.05, 0) is 19.8 Å². The molecule has 5 nitrogen and oxygen atoms in total. The van der Waals surface area contributed by atoms with Gasteiger partial charge in [-0.2, -0.15) is 0 Å². The lowest BCUT2D eigenvalue weighted by atomic mass is 10.1. The van der Waals surface area contributed by atoms with Crippen molar-refractivity contribution in [1.29, 1.82) is 0 Å². The summed E-state index contributed by atoms with van der Waals surface area (Å²) in [4.78, 5) is 22.2. The quantitative estimate of drug-likeness (QED) is 0.614. The molecule has 2 N–H and O–H groups in total. The number of carbonyl (C=O) groups is 2. The summed E-state index contributed by atoms with van der Waals surface area (Å²) in [6, 6.07) is 0. The van der Waals surface area contributed by atoms with Crippen LogP contribution in [0.3, 0.4) is 0 Å². The van der Waals surface area contributed by atoms with Crippen molar-refractivity contribution in [3.8, 4) is 0 Å². The van der Waals surface area contributed by atoms with Gasteiger partial charge < -0.3 is 15.2 Å². The number of nitrogens with one attached hydrogen (secondary N) is 1. The first kappa shape index (κ1) is 11.0. The Labute approximate surface area is 82.4 Å². The second kappa shape index (κ2) is 3.96. The van der Waals surface area contributed by atoms with Crippen LogP contribution in [-0.4, -0.2) is 36.7 Å². The van der Waals surface area contributed by atoms with Crippen LogP contribution in [0, 0.1) is 5.41 Å². The normalized spacial score (nSPS) is 19.9. The first-order valence-corrected chi connectivity index (χ1v) is 4.57. The van der Waals surface area contributed by atoms with Crippen LogP contribution in [0.25, 0.3) is 0 Å². The van der Waals surface area contributed by atoms with Crippen molar-refractivity contribution in [2.75, 3.05) is 13.7 Å². The van der Waals surface area contributed by atoms with E-state index in [1.165, 1.54) is 0 Å². The summed E-state index contributed by atoms with van der Waals surface area (Å²) < 4.78 is 4.93. The summed E-state index contributed by atoms with van der Waals surface area (Å²) in [5.41, 5.74) is -1.15. The van der Waals surface area contributed by atoms with Gasteiger partial charge in [-0.25, -0.2) is 0 Å². The highest BCUT2D eigenvalue weighted by Gasteiger charge is 2.56. The SMILES string of the molecule is COC(C)CNC(=O)C1(C(=O)O)CC1. The van der Waals surface area contributed by atoms with E-state index < -0.39 is 17.3 Å². The number of amides is 1. The second-order valence-corrected chi connectivity index (χ2v) is 3.64.